The van der Waals surface area contributed by atoms with Gasteiger partial charge in [0.05, 0.1) is 15.4 Å². The summed E-state index contributed by atoms with van der Waals surface area (Å²) in [7, 11) is 0. The minimum atomic E-state index is -1.44. The second kappa shape index (κ2) is 5.06. The van der Waals surface area contributed by atoms with Crippen LogP contribution in [-0.2, 0) is 5.60 Å². The van der Waals surface area contributed by atoms with E-state index in [0.717, 1.165) is 6.07 Å². The maximum absolute atomic E-state index is 13.5. The summed E-state index contributed by atoms with van der Waals surface area (Å²) in [6, 6.07) is 2.41. The zero-order valence-electron chi connectivity index (χ0n) is 9.05. The molecule has 96 valence electrons. The third kappa shape index (κ3) is 2.42. The van der Waals surface area contributed by atoms with E-state index in [-0.39, 0.29) is 15.6 Å². The second-order valence-corrected chi connectivity index (χ2v) is 6.21. The van der Waals surface area contributed by atoms with Gasteiger partial charge in [-0.2, -0.15) is 0 Å². The van der Waals surface area contributed by atoms with E-state index in [4.69, 9.17) is 23.2 Å². The number of hydrogen-bond acceptors (Lipinski definition) is 3. The minimum Gasteiger partial charge on any atom is -0.380 e. The molecule has 0 bridgehead atoms. The van der Waals surface area contributed by atoms with Crippen LogP contribution in [0.15, 0.2) is 22.2 Å². The number of benzene rings is 1. The van der Waals surface area contributed by atoms with Crippen LogP contribution in [-0.4, -0.2) is 10.1 Å². The van der Waals surface area contributed by atoms with Gasteiger partial charge < -0.3 is 5.11 Å². The highest BCUT2D eigenvalue weighted by Crippen LogP contribution is 2.40. The molecule has 1 atom stereocenters. The average molecular weight is 371 g/mol. The summed E-state index contributed by atoms with van der Waals surface area (Å²) < 4.78 is 14.0. The summed E-state index contributed by atoms with van der Waals surface area (Å²) >= 11 is 16.1. The van der Waals surface area contributed by atoms with E-state index in [2.05, 4.69) is 20.9 Å². The van der Waals surface area contributed by atoms with Crippen molar-refractivity contribution in [3.8, 4) is 0 Å². The Morgan fingerprint density at radius 3 is 2.61 bits per heavy atom. The smallest absolute Gasteiger partial charge is 0.142 e. The molecule has 7 heteroatoms. The number of nitrogens with zero attached hydrogens (tertiary/aromatic N) is 1. The van der Waals surface area contributed by atoms with Crippen LogP contribution < -0.4 is 0 Å². The lowest BCUT2D eigenvalue weighted by molar-refractivity contribution is 0.105. The van der Waals surface area contributed by atoms with Crippen LogP contribution in [0.1, 0.15) is 17.4 Å². The normalized spacial score (nSPS) is 14.6. The predicted molar refractivity (Wildman–Crippen MR) is 74.9 cm³/mol. The van der Waals surface area contributed by atoms with Gasteiger partial charge in [-0.15, -0.1) is 11.3 Å². The SMILES string of the molecule is CC(O)(c1cc(F)c(Cl)cc1Cl)c1scnc1Br. The van der Waals surface area contributed by atoms with E-state index < -0.39 is 11.4 Å². The molecule has 2 nitrogen and oxygen atoms in total. The van der Waals surface area contributed by atoms with Crippen LogP contribution >= 0.6 is 50.5 Å². The highest BCUT2D eigenvalue weighted by molar-refractivity contribution is 9.10. The number of halogens is 4. The molecule has 0 aliphatic carbocycles. The standard InChI is InChI=1S/C11H7BrCl2FNOS/c1-11(17,9-10(12)16-4-18-9)5-2-8(15)7(14)3-6(5)13/h2-4,17H,1H3. The van der Waals surface area contributed by atoms with Gasteiger partial charge in [-0.3, -0.25) is 0 Å². The molecule has 0 amide bonds. The van der Waals surface area contributed by atoms with Crippen molar-refractivity contribution in [3.63, 3.8) is 0 Å². The molecule has 0 saturated carbocycles. The first-order valence-corrected chi connectivity index (χ1v) is 7.23. The number of rotatable bonds is 2. The summed E-state index contributed by atoms with van der Waals surface area (Å²) in [5.41, 5.74) is 0.382. The molecule has 1 aromatic heterocycles. The van der Waals surface area contributed by atoms with E-state index in [1.165, 1.54) is 24.3 Å². The fourth-order valence-corrected chi connectivity index (χ4v) is 3.79. The summed E-state index contributed by atoms with van der Waals surface area (Å²) in [6.07, 6.45) is 0. The fourth-order valence-electron chi connectivity index (χ4n) is 1.57. The third-order valence-electron chi connectivity index (χ3n) is 2.50. The van der Waals surface area contributed by atoms with Crippen molar-refractivity contribution in [2.45, 2.75) is 12.5 Å². The molecular weight excluding hydrogens is 364 g/mol. The highest BCUT2D eigenvalue weighted by Gasteiger charge is 2.33. The minimum absolute atomic E-state index is 0.0806. The van der Waals surface area contributed by atoms with Gasteiger partial charge in [0.2, 0.25) is 0 Å². The molecular formula is C11H7BrCl2FNOS. The van der Waals surface area contributed by atoms with Crippen LogP contribution in [0.2, 0.25) is 10.0 Å². The molecule has 0 spiro atoms. The van der Waals surface area contributed by atoms with Crippen molar-refractivity contribution in [2.24, 2.45) is 0 Å². The van der Waals surface area contributed by atoms with E-state index in [0.29, 0.717) is 9.48 Å². The predicted octanol–water partition coefficient (Wildman–Crippen LogP) is 4.61. The van der Waals surface area contributed by atoms with E-state index in [1.807, 2.05) is 0 Å². The first-order valence-electron chi connectivity index (χ1n) is 4.81. The molecule has 0 fully saturated rings. The average Bonchev–Trinajstić information content (AvgIpc) is 2.70. The van der Waals surface area contributed by atoms with Gasteiger partial charge in [0.25, 0.3) is 0 Å². The number of aliphatic hydroxyl groups is 1. The summed E-state index contributed by atoms with van der Waals surface area (Å²) in [4.78, 5) is 4.54. The lowest BCUT2D eigenvalue weighted by atomic mass is 9.94. The van der Waals surface area contributed by atoms with Crippen molar-refractivity contribution in [1.82, 2.24) is 4.98 Å². The molecule has 1 aromatic carbocycles. The molecule has 0 aliphatic heterocycles. The number of aromatic nitrogens is 1. The third-order valence-corrected chi connectivity index (χ3v) is 5.00. The van der Waals surface area contributed by atoms with Crippen LogP contribution in [0.4, 0.5) is 4.39 Å². The van der Waals surface area contributed by atoms with Gasteiger partial charge in [-0.1, -0.05) is 23.2 Å². The molecule has 2 rings (SSSR count). The number of thiazole rings is 1. The van der Waals surface area contributed by atoms with Gasteiger partial charge in [0, 0.05) is 10.6 Å². The largest absolute Gasteiger partial charge is 0.380 e. The molecule has 18 heavy (non-hydrogen) atoms. The van der Waals surface area contributed by atoms with Crippen molar-refractivity contribution in [3.05, 3.63) is 48.5 Å². The highest BCUT2D eigenvalue weighted by atomic mass is 79.9. The Hall–Kier alpha value is -0.200. The summed E-state index contributed by atoms with van der Waals surface area (Å²) in [5.74, 6) is -0.628. The summed E-state index contributed by atoms with van der Waals surface area (Å²) in [5, 5.41) is 10.7. The van der Waals surface area contributed by atoms with Gasteiger partial charge >= 0.3 is 0 Å². The van der Waals surface area contributed by atoms with Crippen molar-refractivity contribution >= 4 is 50.5 Å². The molecule has 1 unspecified atom stereocenters. The van der Waals surface area contributed by atoms with Gasteiger partial charge in [-0.05, 0) is 35.0 Å². The summed E-state index contributed by atoms with van der Waals surface area (Å²) in [6.45, 7) is 1.53. The van der Waals surface area contributed by atoms with Crippen LogP contribution in [0.5, 0.6) is 0 Å². The Labute approximate surface area is 126 Å². The lowest BCUT2D eigenvalue weighted by Crippen LogP contribution is -2.22. The van der Waals surface area contributed by atoms with E-state index in [1.54, 1.807) is 5.51 Å². The molecule has 1 N–H and O–H groups in total. The Bertz CT molecular complexity index is 603. The molecule has 0 aliphatic rings. The van der Waals surface area contributed by atoms with Crippen LogP contribution in [0.25, 0.3) is 0 Å². The molecule has 2 aromatic rings. The first kappa shape index (κ1) is 14.2. The van der Waals surface area contributed by atoms with Gasteiger partial charge in [0.15, 0.2) is 0 Å². The quantitative estimate of drug-likeness (QED) is 0.783. The zero-order valence-corrected chi connectivity index (χ0v) is 13.0. The Balaban J connectivity index is 2.61. The molecule has 0 radical (unpaired) electrons. The topological polar surface area (TPSA) is 33.1 Å². The van der Waals surface area contributed by atoms with Crippen molar-refractivity contribution < 1.29 is 9.50 Å². The van der Waals surface area contributed by atoms with Gasteiger partial charge in [0.1, 0.15) is 16.0 Å². The van der Waals surface area contributed by atoms with Crippen molar-refractivity contribution in [1.29, 1.82) is 0 Å². The first-order chi connectivity index (χ1) is 8.34. The Morgan fingerprint density at radius 1 is 1.39 bits per heavy atom. The van der Waals surface area contributed by atoms with Crippen LogP contribution in [0, 0.1) is 5.82 Å². The Kier molecular flexibility index (Phi) is 3.99. The Morgan fingerprint density at radius 2 is 2.06 bits per heavy atom. The lowest BCUT2D eigenvalue weighted by Gasteiger charge is -2.24. The fraction of sp³-hybridized carbons (Fsp3) is 0.182. The zero-order chi connectivity index (χ0) is 13.5. The monoisotopic (exact) mass is 369 g/mol. The van der Waals surface area contributed by atoms with Crippen LogP contribution in [0.3, 0.4) is 0 Å². The maximum Gasteiger partial charge on any atom is 0.142 e. The van der Waals surface area contributed by atoms with Crippen molar-refractivity contribution in [2.75, 3.05) is 0 Å². The van der Waals surface area contributed by atoms with Gasteiger partial charge in [-0.25, -0.2) is 9.37 Å². The number of hydrogen-bond donors (Lipinski definition) is 1. The second-order valence-electron chi connectivity index (χ2n) is 3.79. The molecule has 1 heterocycles. The molecule has 0 saturated heterocycles. The maximum atomic E-state index is 13.5. The van der Waals surface area contributed by atoms with E-state index >= 15 is 0 Å². The van der Waals surface area contributed by atoms with E-state index in [9.17, 15) is 9.50 Å².